The average Bonchev–Trinajstić information content (AvgIpc) is 2.42. The molecule has 21 heavy (non-hydrogen) atoms. The monoisotopic (exact) mass is 290 g/mol. The van der Waals surface area contributed by atoms with Crippen LogP contribution in [0.25, 0.3) is 0 Å². The van der Waals surface area contributed by atoms with Gasteiger partial charge < -0.3 is 15.3 Å². The summed E-state index contributed by atoms with van der Waals surface area (Å²) in [4.78, 5) is 36.2. The number of carboxylic acids is 1. The van der Waals surface area contributed by atoms with Crippen molar-refractivity contribution in [1.82, 2.24) is 10.2 Å². The van der Waals surface area contributed by atoms with E-state index in [0.717, 1.165) is 5.56 Å². The van der Waals surface area contributed by atoms with Crippen molar-refractivity contribution in [3.63, 3.8) is 0 Å². The van der Waals surface area contributed by atoms with Gasteiger partial charge in [-0.1, -0.05) is 0 Å². The zero-order chi connectivity index (χ0) is 15.6. The predicted molar refractivity (Wildman–Crippen MR) is 76.3 cm³/mol. The summed E-state index contributed by atoms with van der Waals surface area (Å²) in [5.74, 6) is -1.30. The molecule has 1 aliphatic rings. The molecule has 0 saturated carbocycles. The molecule has 6 heteroatoms. The van der Waals surface area contributed by atoms with Crippen molar-refractivity contribution in [2.45, 2.75) is 25.8 Å². The highest BCUT2D eigenvalue weighted by molar-refractivity contribution is 5.98. The van der Waals surface area contributed by atoms with Crippen molar-refractivity contribution in [3.05, 3.63) is 34.9 Å². The number of aryl methyl sites for hydroxylation is 1. The van der Waals surface area contributed by atoms with Gasteiger partial charge in [-0.3, -0.25) is 9.59 Å². The number of likely N-dealkylation sites (tertiary alicyclic amines) is 1. The van der Waals surface area contributed by atoms with Crippen molar-refractivity contribution in [2.75, 3.05) is 13.6 Å². The number of carbonyl (C=O) groups excluding carboxylic acids is 2. The first-order valence-electron chi connectivity index (χ1n) is 6.76. The SMILES string of the molecule is Cc1cc(C(=O)O)cc(C(=O)NC2CCC(=O)N(C)C2)c1. The standard InChI is InChI=1S/C15H18N2O4/c1-9-5-10(7-11(6-9)15(20)21)14(19)16-12-3-4-13(18)17(2)8-12/h5-7,12H,3-4,8H2,1-2H3,(H,16,19)(H,20,21). The summed E-state index contributed by atoms with van der Waals surface area (Å²) in [6.45, 7) is 2.22. The van der Waals surface area contributed by atoms with Crippen molar-refractivity contribution < 1.29 is 19.5 Å². The Morgan fingerprint density at radius 2 is 1.95 bits per heavy atom. The minimum Gasteiger partial charge on any atom is -0.478 e. The Bertz CT molecular complexity index is 597. The molecule has 1 saturated heterocycles. The maximum Gasteiger partial charge on any atom is 0.335 e. The summed E-state index contributed by atoms with van der Waals surface area (Å²) < 4.78 is 0. The fourth-order valence-corrected chi connectivity index (χ4v) is 2.44. The number of benzene rings is 1. The average molecular weight is 290 g/mol. The third-order valence-corrected chi connectivity index (χ3v) is 3.55. The fraction of sp³-hybridized carbons (Fsp3) is 0.400. The van der Waals surface area contributed by atoms with Gasteiger partial charge in [0.25, 0.3) is 5.91 Å². The van der Waals surface area contributed by atoms with Gasteiger partial charge in [0.05, 0.1) is 5.56 Å². The second-order valence-electron chi connectivity index (χ2n) is 5.38. The van der Waals surface area contributed by atoms with Gasteiger partial charge >= 0.3 is 5.97 Å². The first-order chi connectivity index (χ1) is 9.86. The first kappa shape index (κ1) is 15.0. The molecule has 2 N–H and O–H groups in total. The third-order valence-electron chi connectivity index (χ3n) is 3.55. The van der Waals surface area contributed by atoms with E-state index in [4.69, 9.17) is 5.11 Å². The van der Waals surface area contributed by atoms with Crippen LogP contribution in [0.2, 0.25) is 0 Å². The van der Waals surface area contributed by atoms with Crippen molar-refractivity contribution in [2.24, 2.45) is 0 Å². The van der Waals surface area contributed by atoms with Gasteiger partial charge in [-0.15, -0.1) is 0 Å². The van der Waals surface area contributed by atoms with E-state index >= 15 is 0 Å². The van der Waals surface area contributed by atoms with Gasteiger partial charge in [0.2, 0.25) is 5.91 Å². The highest BCUT2D eigenvalue weighted by Crippen LogP contribution is 2.13. The highest BCUT2D eigenvalue weighted by atomic mass is 16.4. The number of nitrogens with one attached hydrogen (secondary N) is 1. The predicted octanol–water partition coefficient (Wildman–Crippen LogP) is 1.04. The van der Waals surface area contributed by atoms with Crippen molar-refractivity contribution in [3.8, 4) is 0 Å². The molecule has 112 valence electrons. The fourth-order valence-electron chi connectivity index (χ4n) is 2.44. The Morgan fingerprint density at radius 1 is 1.29 bits per heavy atom. The number of hydrogen-bond acceptors (Lipinski definition) is 3. The summed E-state index contributed by atoms with van der Waals surface area (Å²) in [6.07, 6.45) is 1.02. The number of likely N-dealkylation sites (N-methyl/N-ethyl adjacent to an activating group) is 1. The zero-order valence-electron chi connectivity index (χ0n) is 12.0. The lowest BCUT2D eigenvalue weighted by Gasteiger charge is -2.30. The van der Waals surface area contributed by atoms with E-state index in [1.165, 1.54) is 12.1 Å². The zero-order valence-corrected chi connectivity index (χ0v) is 12.0. The second-order valence-corrected chi connectivity index (χ2v) is 5.38. The van der Waals surface area contributed by atoms with Crippen LogP contribution in [0.15, 0.2) is 18.2 Å². The number of carbonyl (C=O) groups is 3. The Labute approximate surface area is 122 Å². The maximum atomic E-state index is 12.2. The number of rotatable bonds is 3. The molecule has 1 atom stereocenters. The maximum absolute atomic E-state index is 12.2. The Balaban J connectivity index is 2.10. The molecule has 0 aromatic heterocycles. The summed E-state index contributed by atoms with van der Waals surface area (Å²) in [6, 6.07) is 4.43. The molecular formula is C15H18N2O4. The number of piperidine rings is 1. The molecular weight excluding hydrogens is 272 g/mol. The van der Waals surface area contributed by atoms with E-state index in [0.29, 0.717) is 24.9 Å². The summed E-state index contributed by atoms with van der Waals surface area (Å²) in [5.41, 5.74) is 1.14. The second kappa shape index (κ2) is 5.95. The van der Waals surface area contributed by atoms with E-state index in [1.807, 2.05) is 0 Å². The lowest BCUT2D eigenvalue weighted by Crippen LogP contribution is -2.48. The van der Waals surface area contributed by atoms with E-state index < -0.39 is 5.97 Å². The summed E-state index contributed by atoms with van der Waals surface area (Å²) in [5, 5.41) is 11.9. The summed E-state index contributed by atoms with van der Waals surface area (Å²) >= 11 is 0. The largest absolute Gasteiger partial charge is 0.478 e. The van der Waals surface area contributed by atoms with Crippen LogP contribution in [0.4, 0.5) is 0 Å². The first-order valence-corrected chi connectivity index (χ1v) is 6.76. The minimum atomic E-state index is -1.06. The van der Waals surface area contributed by atoms with Crippen LogP contribution in [-0.2, 0) is 4.79 Å². The lowest BCUT2D eigenvalue weighted by molar-refractivity contribution is -0.132. The smallest absolute Gasteiger partial charge is 0.335 e. The molecule has 1 heterocycles. The van der Waals surface area contributed by atoms with Crippen LogP contribution in [0.1, 0.15) is 39.1 Å². The Kier molecular flexibility index (Phi) is 4.26. The topological polar surface area (TPSA) is 86.7 Å². The molecule has 6 nitrogen and oxygen atoms in total. The number of hydrogen-bond donors (Lipinski definition) is 2. The van der Waals surface area contributed by atoms with Crippen molar-refractivity contribution in [1.29, 1.82) is 0 Å². The lowest BCUT2D eigenvalue weighted by atomic mass is 10.0. The van der Waals surface area contributed by atoms with Gasteiger partial charge in [0.15, 0.2) is 0 Å². The number of aromatic carboxylic acids is 1. The molecule has 2 amide bonds. The molecule has 1 fully saturated rings. The van der Waals surface area contributed by atoms with Crippen LogP contribution in [0.5, 0.6) is 0 Å². The van der Waals surface area contributed by atoms with Crippen LogP contribution >= 0.6 is 0 Å². The van der Waals surface area contributed by atoms with E-state index in [1.54, 1.807) is 24.9 Å². The van der Waals surface area contributed by atoms with Gasteiger partial charge in [0, 0.05) is 31.6 Å². The van der Waals surface area contributed by atoms with E-state index in [9.17, 15) is 14.4 Å². The van der Waals surface area contributed by atoms with Crippen LogP contribution in [0.3, 0.4) is 0 Å². The molecule has 0 spiro atoms. The normalized spacial score (nSPS) is 18.5. The number of amides is 2. The quantitative estimate of drug-likeness (QED) is 0.871. The number of carboxylic acid groups (broad SMARTS) is 1. The molecule has 1 aromatic rings. The van der Waals surface area contributed by atoms with Gasteiger partial charge in [-0.2, -0.15) is 0 Å². The summed E-state index contributed by atoms with van der Waals surface area (Å²) in [7, 11) is 1.70. The molecule has 1 aliphatic heterocycles. The molecule has 0 bridgehead atoms. The van der Waals surface area contributed by atoms with E-state index in [-0.39, 0.29) is 23.4 Å². The van der Waals surface area contributed by atoms with Crippen LogP contribution < -0.4 is 5.32 Å². The van der Waals surface area contributed by atoms with Crippen molar-refractivity contribution >= 4 is 17.8 Å². The Hall–Kier alpha value is -2.37. The highest BCUT2D eigenvalue weighted by Gasteiger charge is 2.24. The molecule has 2 rings (SSSR count). The number of nitrogens with zero attached hydrogens (tertiary/aromatic N) is 1. The van der Waals surface area contributed by atoms with Gasteiger partial charge in [-0.25, -0.2) is 4.79 Å². The van der Waals surface area contributed by atoms with Crippen LogP contribution in [0, 0.1) is 6.92 Å². The Morgan fingerprint density at radius 3 is 2.57 bits per heavy atom. The van der Waals surface area contributed by atoms with Crippen LogP contribution in [-0.4, -0.2) is 47.4 Å². The third kappa shape index (κ3) is 3.59. The minimum absolute atomic E-state index is 0.0733. The van der Waals surface area contributed by atoms with Gasteiger partial charge in [-0.05, 0) is 37.1 Å². The molecule has 0 aliphatic carbocycles. The van der Waals surface area contributed by atoms with E-state index in [2.05, 4.69) is 5.32 Å². The molecule has 1 aromatic carbocycles. The molecule has 0 radical (unpaired) electrons. The molecule has 1 unspecified atom stereocenters. The van der Waals surface area contributed by atoms with Gasteiger partial charge in [0.1, 0.15) is 0 Å².